The molecule has 0 aromatic heterocycles. The molecule has 0 heterocycles. The molecule has 0 spiro atoms. The summed E-state index contributed by atoms with van der Waals surface area (Å²) in [5.41, 5.74) is 0. The van der Waals surface area contributed by atoms with E-state index in [1.165, 1.54) is 0 Å². The molecule has 0 aliphatic carbocycles. The Balaban J connectivity index is -0.000000114. The first-order chi connectivity index (χ1) is 4.54. The topological polar surface area (TPSA) is 57.2 Å². The van der Waals surface area contributed by atoms with E-state index in [2.05, 4.69) is 0 Å². The first kappa shape index (κ1) is 17.3. The van der Waals surface area contributed by atoms with Crippen LogP contribution < -0.4 is 34.7 Å². The molecule has 0 N–H and O–H groups in total. The van der Waals surface area contributed by atoms with Gasteiger partial charge in [0, 0.05) is 18.8 Å². The second-order valence-corrected chi connectivity index (χ2v) is 1.74. The van der Waals surface area contributed by atoms with Crippen LogP contribution in [0.3, 0.4) is 0 Å². The molecule has 60 valence electrons. The molecule has 0 aliphatic rings. The van der Waals surface area contributed by atoms with E-state index in [1.807, 2.05) is 13.8 Å². The van der Waals surface area contributed by atoms with Crippen molar-refractivity contribution in [2.75, 3.05) is 0 Å². The van der Waals surface area contributed by atoms with Gasteiger partial charge in [0.2, 0.25) is 0 Å². The predicted molar refractivity (Wildman–Crippen MR) is 36.3 cm³/mol. The molecule has 0 aliphatic heterocycles. The molecule has 0 saturated carbocycles. The Hall–Kier alpha value is 0.140. The minimum Gasteiger partial charge on any atom is -0.550 e. The van der Waals surface area contributed by atoms with E-state index in [4.69, 9.17) is 9.90 Å². The number of carbonyl (C=O) groups excluding carboxylic acids is 2. The molecule has 0 saturated heterocycles. The summed E-state index contributed by atoms with van der Waals surface area (Å²) in [4.78, 5) is 19.1. The molecule has 3 nitrogen and oxygen atoms in total. The van der Waals surface area contributed by atoms with E-state index in [0.29, 0.717) is 18.6 Å². The van der Waals surface area contributed by atoms with Gasteiger partial charge < -0.3 is 9.90 Å². The molecule has 0 rings (SSSR count). The van der Waals surface area contributed by atoms with E-state index in [9.17, 15) is 4.79 Å². The van der Waals surface area contributed by atoms with E-state index >= 15 is 0 Å². The zero-order valence-electron chi connectivity index (χ0n) is 7.64. The average molecular weight is 168 g/mol. The molecule has 0 aromatic rings. The minimum absolute atomic E-state index is 0. The minimum atomic E-state index is -1.08. The van der Waals surface area contributed by atoms with Crippen molar-refractivity contribution in [3.63, 3.8) is 0 Å². The van der Waals surface area contributed by atoms with Crippen molar-refractivity contribution < 1.29 is 44.3 Å². The summed E-state index contributed by atoms with van der Waals surface area (Å²) in [5, 5.41) is 8.89. The Morgan fingerprint density at radius 3 is 1.36 bits per heavy atom. The molecule has 0 aromatic carbocycles. The van der Waals surface area contributed by atoms with Crippen LogP contribution in [-0.4, -0.2) is 11.8 Å². The number of carboxylic acids is 1. The van der Waals surface area contributed by atoms with Gasteiger partial charge in [-0.25, -0.2) is 0 Å². The van der Waals surface area contributed by atoms with Gasteiger partial charge in [0.1, 0.15) is 5.78 Å². The smallest absolute Gasteiger partial charge is 0.550 e. The van der Waals surface area contributed by atoms with Crippen molar-refractivity contribution in [3.8, 4) is 0 Å². The fraction of sp³-hybridized carbons (Fsp3) is 0.714. The van der Waals surface area contributed by atoms with Crippen molar-refractivity contribution in [3.05, 3.63) is 0 Å². The van der Waals surface area contributed by atoms with Crippen LogP contribution in [0.25, 0.3) is 0 Å². The van der Waals surface area contributed by atoms with Crippen LogP contribution in [0.2, 0.25) is 0 Å². The average Bonchev–Trinajstić information content (AvgIpc) is 1.85. The van der Waals surface area contributed by atoms with Gasteiger partial charge in [-0.1, -0.05) is 13.8 Å². The number of hydrogen-bond donors (Lipinski definition) is 0. The molecule has 0 radical (unpaired) electrons. The maximum Gasteiger partial charge on any atom is 1.00 e. The summed E-state index contributed by atoms with van der Waals surface area (Å²) in [6, 6.07) is 0. The first-order valence-electron chi connectivity index (χ1n) is 3.23. The van der Waals surface area contributed by atoms with Crippen molar-refractivity contribution in [1.29, 1.82) is 0 Å². The number of rotatable bonds is 2. The fourth-order valence-corrected chi connectivity index (χ4v) is 0.250. The summed E-state index contributed by atoms with van der Waals surface area (Å²) >= 11 is 0. The molecule has 0 bridgehead atoms. The van der Waals surface area contributed by atoms with Gasteiger partial charge in [-0.15, -0.1) is 0 Å². The molecule has 0 fully saturated rings. The first-order valence-corrected chi connectivity index (χ1v) is 3.23. The van der Waals surface area contributed by atoms with Crippen LogP contribution in [0.1, 0.15) is 33.6 Å². The van der Waals surface area contributed by atoms with Gasteiger partial charge in [0.25, 0.3) is 0 Å². The van der Waals surface area contributed by atoms with Crippen molar-refractivity contribution in [2.24, 2.45) is 0 Å². The van der Waals surface area contributed by atoms with Crippen LogP contribution in [0.4, 0.5) is 0 Å². The van der Waals surface area contributed by atoms with E-state index < -0.39 is 5.97 Å². The van der Waals surface area contributed by atoms with Crippen LogP contribution in [-0.2, 0) is 9.59 Å². The zero-order chi connectivity index (χ0) is 8.57. The molecular weight excluding hydrogens is 155 g/mol. The van der Waals surface area contributed by atoms with E-state index in [1.54, 1.807) is 0 Å². The number of Topliss-reactive ketones (excluding diaryl/α,β-unsaturated/α-hetero) is 1. The van der Waals surface area contributed by atoms with Crippen LogP contribution in [0, 0.1) is 0 Å². The number of carbonyl (C=O) groups is 2. The molecular formula is C7H13NaO3. The standard InChI is InChI=1S/C5H10O.C2H4O2.Na/c1-3-5(6)4-2;1-2(3)4;/h3-4H2,1-2H3;1H3,(H,3,4);/q;;+1/p-1. The molecule has 11 heavy (non-hydrogen) atoms. The predicted octanol–water partition coefficient (Wildman–Crippen LogP) is -2.86. The number of aliphatic carboxylic acids is 1. The third-order valence-corrected chi connectivity index (χ3v) is 0.789. The second kappa shape index (κ2) is 12.8. The van der Waals surface area contributed by atoms with Crippen LogP contribution in [0.15, 0.2) is 0 Å². The molecule has 0 amide bonds. The maximum atomic E-state index is 10.2. The van der Waals surface area contributed by atoms with Gasteiger partial charge in [-0.05, 0) is 6.92 Å². The van der Waals surface area contributed by atoms with Gasteiger partial charge >= 0.3 is 29.6 Å². The van der Waals surface area contributed by atoms with Gasteiger partial charge in [-0.2, -0.15) is 0 Å². The Morgan fingerprint density at radius 2 is 1.36 bits per heavy atom. The maximum absolute atomic E-state index is 10.2. The van der Waals surface area contributed by atoms with Crippen molar-refractivity contribution in [2.45, 2.75) is 33.6 Å². The quantitative estimate of drug-likeness (QED) is 0.417. The second-order valence-electron chi connectivity index (χ2n) is 1.74. The normalized spacial score (nSPS) is 6.82. The Bertz CT molecular complexity index is 102. The van der Waals surface area contributed by atoms with Gasteiger partial charge in [0.05, 0.1) is 0 Å². The number of ketones is 1. The van der Waals surface area contributed by atoms with Crippen LogP contribution >= 0.6 is 0 Å². The third-order valence-electron chi connectivity index (χ3n) is 0.789. The Labute approximate surface area is 89.5 Å². The van der Waals surface area contributed by atoms with Crippen LogP contribution in [0.5, 0.6) is 0 Å². The van der Waals surface area contributed by atoms with Crippen molar-refractivity contribution >= 4 is 11.8 Å². The SMILES string of the molecule is CC(=O)[O-].CCC(=O)CC.[Na+]. The molecule has 0 atom stereocenters. The Morgan fingerprint density at radius 1 is 1.18 bits per heavy atom. The summed E-state index contributed by atoms with van der Waals surface area (Å²) in [6.45, 7) is 4.73. The van der Waals surface area contributed by atoms with Gasteiger partial charge in [0.15, 0.2) is 0 Å². The summed E-state index contributed by atoms with van der Waals surface area (Å²) < 4.78 is 0. The van der Waals surface area contributed by atoms with E-state index in [-0.39, 0.29) is 29.6 Å². The Kier molecular flexibility index (Phi) is 20.1. The monoisotopic (exact) mass is 168 g/mol. The molecule has 0 unspecified atom stereocenters. The summed E-state index contributed by atoms with van der Waals surface area (Å²) in [6.07, 6.45) is 1.38. The third kappa shape index (κ3) is 39.2. The van der Waals surface area contributed by atoms with E-state index in [0.717, 1.165) is 6.92 Å². The number of hydrogen-bond acceptors (Lipinski definition) is 3. The van der Waals surface area contributed by atoms with Crippen molar-refractivity contribution in [1.82, 2.24) is 0 Å². The zero-order valence-corrected chi connectivity index (χ0v) is 9.64. The largest absolute Gasteiger partial charge is 1.00 e. The van der Waals surface area contributed by atoms with Gasteiger partial charge in [-0.3, -0.25) is 4.79 Å². The summed E-state index contributed by atoms with van der Waals surface area (Å²) in [7, 11) is 0. The molecule has 4 heteroatoms. The number of carboxylic acid groups (broad SMARTS) is 1. The summed E-state index contributed by atoms with van der Waals surface area (Å²) in [5.74, 6) is -0.741. The fourth-order valence-electron chi connectivity index (χ4n) is 0.250.